The Kier molecular flexibility index (Phi) is 3.19. The van der Waals surface area contributed by atoms with Crippen molar-refractivity contribution in [1.82, 2.24) is 0 Å². The van der Waals surface area contributed by atoms with Crippen molar-refractivity contribution in [3.63, 3.8) is 0 Å². The van der Waals surface area contributed by atoms with E-state index in [4.69, 9.17) is 0 Å². The van der Waals surface area contributed by atoms with E-state index in [0.717, 1.165) is 0 Å². The van der Waals surface area contributed by atoms with Crippen LogP contribution in [0.25, 0.3) is 0 Å². The van der Waals surface area contributed by atoms with E-state index < -0.39 is 0 Å². The molecule has 42 valence electrons. The fourth-order valence-electron chi connectivity index (χ4n) is 0.600. The molecule has 2 radical (unpaired) electrons. The number of hydrogen-bond donors (Lipinski definition) is 0. The SMILES string of the molecule is C[C]1C=CC=C1C.[V]. The molecule has 0 atom stereocenters. The average Bonchev–Trinajstić information content (AvgIpc) is 1.91. The van der Waals surface area contributed by atoms with E-state index in [1.165, 1.54) is 11.5 Å². The fraction of sp³-hybridized carbons (Fsp3) is 0.286. The molecule has 1 heteroatoms. The van der Waals surface area contributed by atoms with Crippen LogP contribution in [0.4, 0.5) is 0 Å². The van der Waals surface area contributed by atoms with Gasteiger partial charge in [-0.2, -0.15) is 0 Å². The van der Waals surface area contributed by atoms with Crippen LogP contribution in [-0.2, 0) is 18.6 Å². The van der Waals surface area contributed by atoms with Crippen LogP contribution in [0, 0.1) is 5.92 Å². The van der Waals surface area contributed by atoms with E-state index in [2.05, 4.69) is 32.1 Å². The van der Waals surface area contributed by atoms with Crippen molar-refractivity contribution in [2.24, 2.45) is 0 Å². The zero-order valence-electron chi connectivity index (χ0n) is 5.18. The van der Waals surface area contributed by atoms with Gasteiger partial charge in [-0.05, 0) is 6.92 Å². The van der Waals surface area contributed by atoms with Crippen LogP contribution >= 0.6 is 0 Å². The first-order valence-electron chi connectivity index (χ1n) is 2.49. The van der Waals surface area contributed by atoms with Crippen LogP contribution < -0.4 is 0 Å². The third kappa shape index (κ3) is 1.54. The van der Waals surface area contributed by atoms with Gasteiger partial charge < -0.3 is 0 Å². The van der Waals surface area contributed by atoms with Crippen molar-refractivity contribution in [1.29, 1.82) is 0 Å². The Labute approximate surface area is 62.6 Å². The quantitative estimate of drug-likeness (QED) is 0.488. The molecule has 0 aromatic rings. The molecule has 0 bridgehead atoms. The summed E-state index contributed by atoms with van der Waals surface area (Å²) in [5.41, 5.74) is 1.39. The molecular weight excluding hydrogens is 135 g/mol. The molecule has 0 aromatic heterocycles. The van der Waals surface area contributed by atoms with Crippen molar-refractivity contribution >= 4 is 0 Å². The molecule has 8 heavy (non-hydrogen) atoms. The Hall–Kier alpha value is 0.0644. The van der Waals surface area contributed by atoms with E-state index in [1.807, 2.05) is 0 Å². The van der Waals surface area contributed by atoms with Gasteiger partial charge >= 0.3 is 0 Å². The van der Waals surface area contributed by atoms with Crippen molar-refractivity contribution in [3.05, 3.63) is 29.7 Å². The van der Waals surface area contributed by atoms with E-state index in [0.29, 0.717) is 0 Å². The van der Waals surface area contributed by atoms with Gasteiger partial charge in [0.15, 0.2) is 0 Å². The van der Waals surface area contributed by atoms with Crippen molar-refractivity contribution in [2.75, 3.05) is 0 Å². The normalized spacial score (nSPS) is 18.0. The van der Waals surface area contributed by atoms with Crippen LogP contribution in [0.5, 0.6) is 0 Å². The molecule has 0 unspecified atom stereocenters. The average molecular weight is 144 g/mol. The molecule has 0 N–H and O–H groups in total. The summed E-state index contributed by atoms with van der Waals surface area (Å²) in [6.45, 7) is 4.24. The fourth-order valence-corrected chi connectivity index (χ4v) is 0.600. The van der Waals surface area contributed by atoms with Gasteiger partial charge in [-0.15, -0.1) is 0 Å². The maximum absolute atomic E-state index is 2.12. The summed E-state index contributed by atoms with van der Waals surface area (Å²) in [5, 5.41) is 0. The van der Waals surface area contributed by atoms with Gasteiger partial charge in [-0.25, -0.2) is 0 Å². The standard InChI is InChI=1S/C7H9.V/c1-6-4-3-5-7(6)2;/h3-5H,1-2H3;. The second kappa shape index (κ2) is 3.16. The molecule has 1 aliphatic carbocycles. The molecule has 0 spiro atoms. The molecule has 1 aliphatic rings. The smallest absolute Gasteiger partial charge is 0.0192 e. The Morgan fingerprint density at radius 3 is 2.00 bits per heavy atom. The Morgan fingerprint density at radius 2 is 1.88 bits per heavy atom. The molecule has 0 aromatic carbocycles. The number of rotatable bonds is 0. The Balaban J connectivity index is 0.000000490. The third-order valence-electron chi connectivity index (χ3n) is 1.31. The van der Waals surface area contributed by atoms with Crippen LogP contribution in [0.15, 0.2) is 23.8 Å². The minimum absolute atomic E-state index is 0. The van der Waals surface area contributed by atoms with Gasteiger partial charge in [0.1, 0.15) is 0 Å². The Morgan fingerprint density at radius 1 is 1.25 bits per heavy atom. The van der Waals surface area contributed by atoms with Crippen LogP contribution in [0.2, 0.25) is 0 Å². The zero-order chi connectivity index (χ0) is 5.28. The van der Waals surface area contributed by atoms with E-state index in [9.17, 15) is 0 Å². The molecule has 0 saturated carbocycles. The van der Waals surface area contributed by atoms with Gasteiger partial charge in [-0.1, -0.05) is 30.7 Å². The van der Waals surface area contributed by atoms with Crippen molar-refractivity contribution in [2.45, 2.75) is 13.8 Å². The first-order valence-corrected chi connectivity index (χ1v) is 2.49. The summed E-state index contributed by atoms with van der Waals surface area (Å²) in [5.74, 6) is 1.39. The first kappa shape index (κ1) is 8.06. The largest absolute Gasteiger partial charge is 0.0734 e. The molecule has 0 heterocycles. The Bertz CT molecular complexity index is 122. The van der Waals surface area contributed by atoms with Crippen molar-refractivity contribution < 1.29 is 18.6 Å². The summed E-state index contributed by atoms with van der Waals surface area (Å²) < 4.78 is 0. The van der Waals surface area contributed by atoms with Crippen LogP contribution in [-0.4, -0.2) is 0 Å². The minimum Gasteiger partial charge on any atom is -0.0734 e. The maximum Gasteiger partial charge on any atom is 0.0192 e. The zero-order valence-corrected chi connectivity index (χ0v) is 6.58. The summed E-state index contributed by atoms with van der Waals surface area (Å²) in [6.07, 6.45) is 6.31. The third-order valence-corrected chi connectivity index (χ3v) is 1.31. The maximum atomic E-state index is 2.12. The summed E-state index contributed by atoms with van der Waals surface area (Å²) >= 11 is 0. The summed E-state index contributed by atoms with van der Waals surface area (Å²) in [6, 6.07) is 0. The van der Waals surface area contributed by atoms with Gasteiger partial charge in [-0.3, -0.25) is 0 Å². The molecular formula is C7H9V. The van der Waals surface area contributed by atoms with E-state index in [1.54, 1.807) is 0 Å². The van der Waals surface area contributed by atoms with Crippen LogP contribution in [0.1, 0.15) is 13.8 Å². The predicted octanol–water partition coefficient (Wildman–Crippen LogP) is 2.09. The molecule has 0 saturated heterocycles. The monoisotopic (exact) mass is 144 g/mol. The molecule has 0 fully saturated rings. The molecule has 0 nitrogen and oxygen atoms in total. The molecule has 0 amide bonds. The van der Waals surface area contributed by atoms with E-state index in [-0.39, 0.29) is 18.6 Å². The van der Waals surface area contributed by atoms with Crippen LogP contribution in [0.3, 0.4) is 0 Å². The predicted molar refractivity (Wildman–Crippen MR) is 31.8 cm³/mol. The van der Waals surface area contributed by atoms with Gasteiger partial charge in [0.25, 0.3) is 0 Å². The van der Waals surface area contributed by atoms with Gasteiger partial charge in [0.05, 0.1) is 0 Å². The van der Waals surface area contributed by atoms with Gasteiger partial charge in [0, 0.05) is 24.5 Å². The second-order valence-electron chi connectivity index (χ2n) is 1.89. The number of allylic oxidation sites excluding steroid dienone is 4. The van der Waals surface area contributed by atoms with Crippen molar-refractivity contribution in [3.8, 4) is 0 Å². The molecule has 0 aliphatic heterocycles. The second-order valence-corrected chi connectivity index (χ2v) is 1.89. The molecule has 1 rings (SSSR count). The minimum atomic E-state index is 0. The summed E-state index contributed by atoms with van der Waals surface area (Å²) in [7, 11) is 0. The number of hydrogen-bond acceptors (Lipinski definition) is 0. The van der Waals surface area contributed by atoms with E-state index >= 15 is 0 Å². The topological polar surface area (TPSA) is 0 Å². The summed E-state index contributed by atoms with van der Waals surface area (Å²) in [4.78, 5) is 0. The first-order chi connectivity index (χ1) is 3.30. The van der Waals surface area contributed by atoms with Gasteiger partial charge in [0.2, 0.25) is 0 Å².